The molecule has 2 fully saturated rings. The fourth-order valence-corrected chi connectivity index (χ4v) is 2.75. The number of nitrogens with zero attached hydrogens (tertiary/aromatic N) is 1. The molecule has 1 N–H and O–H groups in total. The first kappa shape index (κ1) is 13.3. The van der Waals surface area contributed by atoms with Crippen molar-refractivity contribution >= 4 is 11.8 Å². The van der Waals surface area contributed by atoms with Crippen molar-refractivity contribution in [3.8, 4) is 0 Å². The molecule has 2 aliphatic rings. The standard InChI is InChI=1S/C13H22N2O3/c1-2-11-10(4-3-9-18-11)13(17)15-7-5-12(16)14-6-8-15/h10-11H,2-9H2,1H3,(H,14,16). The highest BCUT2D eigenvalue weighted by molar-refractivity contribution is 5.82. The van der Waals surface area contributed by atoms with E-state index in [0.29, 0.717) is 26.1 Å². The van der Waals surface area contributed by atoms with Gasteiger partial charge in [-0.3, -0.25) is 9.59 Å². The van der Waals surface area contributed by atoms with E-state index >= 15 is 0 Å². The molecule has 102 valence electrons. The topological polar surface area (TPSA) is 58.6 Å². The van der Waals surface area contributed by atoms with Crippen LogP contribution in [0.5, 0.6) is 0 Å². The van der Waals surface area contributed by atoms with Crippen LogP contribution in [0.2, 0.25) is 0 Å². The molecule has 2 rings (SSSR count). The second-order valence-corrected chi connectivity index (χ2v) is 4.99. The maximum absolute atomic E-state index is 12.5. The smallest absolute Gasteiger partial charge is 0.228 e. The summed E-state index contributed by atoms with van der Waals surface area (Å²) in [7, 11) is 0. The minimum absolute atomic E-state index is 0.0167. The van der Waals surface area contributed by atoms with Gasteiger partial charge in [0.2, 0.25) is 11.8 Å². The molecule has 18 heavy (non-hydrogen) atoms. The minimum Gasteiger partial charge on any atom is -0.377 e. The van der Waals surface area contributed by atoms with Gasteiger partial charge in [0.1, 0.15) is 0 Å². The summed E-state index contributed by atoms with van der Waals surface area (Å²) in [5.41, 5.74) is 0. The van der Waals surface area contributed by atoms with Crippen molar-refractivity contribution in [1.82, 2.24) is 10.2 Å². The van der Waals surface area contributed by atoms with Gasteiger partial charge in [-0.15, -0.1) is 0 Å². The zero-order valence-electron chi connectivity index (χ0n) is 11.0. The lowest BCUT2D eigenvalue weighted by Crippen LogP contribution is -2.45. The minimum atomic E-state index is -0.0167. The Morgan fingerprint density at radius 3 is 3.11 bits per heavy atom. The summed E-state index contributed by atoms with van der Waals surface area (Å²) in [5.74, 6) is 0.187. The highest BCUT2D eigenvalue weighted by atomic mass is 16.5. The Balaban J connectivity index is 1.98. The van der Waals surface area contributed by atoms with Crippen LogP contribution in [0.25, 0.3) is 0 Å². The number of nitrogens with one attached hydrogen (secondary N) is 1. The van der Waals surface area contributed by atoms with Gasteiger partial charge in [0, 0.05) is 32.7 Å². The molecule has 2 saturated heterocycles. The van der Waals surface area contributed by atoms with E-state index in [1.54, 1.807) is 0 Å². The summed E-state index contributed by atoms with van der Waals surface area (Å²) in [6, 6.07) is 0. The number of hydrogen-bond acceptors (Lipinski definition) is 3. The van der Waals surface area contributed by atoms with Gasteiger partial charge >= 0.3 is 0 Å². The van der Waals surface area contributed by atoms with Gasteiger partial charge in [-0.2, -0.15) is 0 Å². The molecular formula is C13H22N2O3. The van der Waals surface area contributed by atoms with Crippen molar-refractivity contribution in [2.24, 2.45) is 5.92 Å². The van der Waals surface area contributed by atoms with Crippen molar-refractivity contribution in [2.45, 2.75) is 38.7 Å². The Morgan fingerprint density at radius 1 is 1.50 bits per heavy atom. The molecule has 0 radical (unpaired) electrons. The Bertz CT molecular complexity index is 319. The number of carbonyl (C=O) groups excluding carboxylic acids is 2. The number of ether oxygens (including phenoxy) is 1. The van der Waals surface area contributed by atoms with E-state index in [1.165, 1.54) is 0 Å². The fourth-order valence-electron chi connectivity index (χ4n) is 2.75. The zero-order chi connectivity index (χ0) is 13.0. The SMILES string of the molecule is CCC1OCCCC1C(=O)N1CCNC(=O)CC1. The monoisotopic (exact) mass is 254 g/mol. The van der Waals surface area contributed by atoms with Gasteiger partial charge in [0.05, 0.1) is 12.0 Å². The summed E-state index contributed by atoms with van der Waals surface area (Å²) in [6.45, 7) is 4.55. The Morgan fingerprint density at radius 2 is 2.33 bits per heavy atom. The lowest BCUT2D eigenvalue weighted by atomic mass is 9.91. The third kappa shape index (κ3) is 3.02. The van der Waals surface area contributed by atoms with Gasteiger partial charge in [-0.25, -0.2) is 0 Å². The molecule has 5 nitrogen and oxygen atoms in total. The molecular weight excluding hydrogens is 232 g/mol. The Labute approximate surface area is 108 Å². The lowest BCUT2D eigenvalue weighted by Gasteiger charge is -2.33. The molecule has 2 unspecified atom stereocenters. The second kappa shape index (κ2) is 6.18. The maximum Gasteiger partial charge on any atom is 0.228 e. The van der Waals surface area contributed by atoms with Crippen molar-refractivity contribution in [3.05, 3.63) is 0 Å². The predicted molar refractivity (Wildman–Crippen MR) is 67.0 cm³/mol. The summed E-state index contributed by atoms with van der Waals surface area (Å²) < 4.78 is 5.67. The normalized spacial score (nSPS) is 29.6. The molecule has 0 aliphatic carbocycles. The number of carbonyl (C=O) groups is 2. The van der Waals surface area contributed by atoms with Gasteiger partial charge in [0.15, 0.2) is 0 Å². The van der Waals surface area contributed by atoms with E-state index in [9.17, 15) is 9.59 Å². The van der Waals surface area contributed by atoms with Crippen LogP contribution in [-0.2, 0) is 14.3 Å². The third-order valence-electron chi connectivity index (χ3n) is 3.78. The summed E-state index contributed by atoms with van der Waals surface area (Å²) in [5, 5.41) is 2.79. The summed E-state index contributed by atoms with van der Waals surface area (Å²) >= 11 is 0. The highest BCUT2D eigenvalue weighted by Gasteiger charge is 2.34. The van der Waals surface area contributed by atoms with Crippen molar-refractivity contribution < 1.29 is 14.3 Å². The quantitative estimate of drug-likeness (QED) is 0.782. The Kier molecular flexibility index (Phi) is 4.58. The van der Waals surface area contributed by atoms with E-state index in [4.69, 9.17) is 4.74 Å². The van der Waals surface area contributed by atoms with Crippen LogP contribution in [0.15, 0.2) is 0 Å². The molecule has 2 heterocycles. The average Bonchev–Trinajstić information content (AvgIpc) is 2.62. The van der Waals surface area contributed by atoms with E-state index in [0.717, 1.165) is 25.9 Å². The molecule has 2 amide bonds. The molecule has 0 bridgehead atoms. The third-order valence-corrected chi connectivity index (χ3v) is 3.78. The predicted octanol–water partition coefficient (Wildman–Crippen LogP) is 0.540. The van der Waals surface area contributed by atoms with Crippen LogP contribution < -0.4 is 5.32 Å². The molecule has 0 saturated carbocycles. The lowest BCUT2D eigenvalue weighted by molar-refractivity contribution is -0.145. The van der Waals surface area contributed by atoms with Crippen LogP contribution in [0.3, 0.4) is 0 Å². The maximum atomic E-state index is 12.5. The van der Waals surface area contributed by atoms with Crippen molar-refractivity contribution in [1.29, 1.82) is 0 Å². The molecule has 5 heteroatoms. The second-order valence-electron chi connectivity index (χ2n) is 4.99. The van der Waals surface area contributed by atoms with E-state index in [1.807, 2.05) is 4.90 Å². The molecule has 2 atom stereocenters. The van der Waals surface area contributed by atoms with Crippen LogP contribution in [0, 0.1) is 5.92 Å². The molecule has 0 spiro atoms. The van der Waals surface area contributed by atoms with Gasteiger partial charge in [-0.1, -0.05) is 6.92 Å². The zero-order valence-corrected chi connectivity index (χ0v) is 11.0. The van der Waals surface area contributed by atoms with Crippen LogP contribution >= 0.6 is 0 Å². The van der Waals surface area contributed by atoms with Gasteiger partial charge in [0.25, 0.3) is 0 Å². The average molecular weight is 254 g/mol. The first-order valence-electron chi connectivity index (χ1n) is 6.89. The summed E-state index contributed by atoms with van der Waals surface area (Å²) in [6.07, 6.45) is 3.21. The number of amides is 2. The number of rotatable bonds is 2. The van der Waals surface area contributed by atoms with Crippen molar-refractivity contribution in [3.63, 3.8) is 0 Å². The number of hydrogen-bond donors (Lipinski definition) is 1. The van der Waals surface area contributed by atoms with E-state index in [-0.39, 0.29) is 23.8 Å². The first-order chi connectivity index (χ1) is 8.72. The fraction of sp³-hybridized carbons (Fsp3) is 0.846. The van der Waals surface area contributed by atoms with E-state index < -0.39 is 0 Å². The Hall–Kier alpha value is -1.10. The largest absolute Gasteiger partial charge is 0.377 e. The van der Waals surface area contributed by atoms with Gasteiger partial charge < -0.3 is 15.0 Å². The highest BCUT2D eigenvalue weighted by Crippen LogP contribution is 2.25. The first-order valence-corrected chi connectivity index (χ1v) is 6.89. The molecule has 0 aromatic carbocycles. The van der Waals surface area contributed by atoms with Crippen LogP contribution in [0.4, 0.5) is 0 Å². The van der Waals surface area contributed by atoms with Gasteiger partial charge in [-0.05, 0) is 19.3 Å². The van der Waals surface area contributed by atoms with Crippen molar-refractivity contribution in [2.75, 3.05) is 26.2 Å². The van der Waals surface area contributed by atoms with E-state index in [2.05, 4.69) is 12.2 Å². The summed E-state index contributed by atoms with van der Waals surface area (Å²) in [4.78, 5) is 25.6. The molecule has 2 aliphatic heterocycles. The molecule has 0 aromatic rings. The molecule has 0 aromatic heterocycles. The van der Waals surface area contributed by atoms with Crippen LogP contribution in [-0.4, -0.2) is 49.1 Å². The van der Waals surface area contributed by atoms with Crippen LogP contribution in [0.1, 0.15) is 32.6 Å².